The fraction of sp³-hybridized carbons (Fsp3) is 0.226. The molecular weight excluding hydrogens is 476 g/mol. The van der Waals surface area contributed by atoms with Gasteiger partial charge in [-0.15, -0.1) is 0 Å². The second-order valence-electron chi connectivity index (χ2n) is 9.29. The zero-order chi connectivity index (χ0) is 26.3. The molecule has 0 unspecified atom stereocenters. The monoisotopic (exact) mass is 506 g/mol. The standard InChI is InChI=1S/C31H30N4O3/c1-2-16-35(19-22-10-13-25(14-11-22)38-30-15-12-23(17-32)18-33-30)20-24(36)21-37-29-9-5-8-28-31(29)26-6-3-4-7-27(26)34-28/h3-15,18,24,34,36H,2,16,19-21H2,1H3/t24-/m0/s1. The third kappa shape index (κ3) is 5.94. The lowest BCUT2D eigenvalue weighted by molar-refractivity contribution is 0.0661. The molecule has 0 radical (unpaired) electrons. The van der Waals surface area contributed by atoms with E-state index in [1.165, 1.54) is 6.20 Å². The van der Waals surface area contributed by atoms with E-state index in [1.54, 1.807) is 12.1 Å². The van der Waals surface area contributed by atoms with Gasteiger partial charge in [-0.25, -0.2) is 4.98 Å². The van der Waals surface area contributed by atoms with Gasteiger partial charge >= 0.3 is 0 Å². The molecule has 0 spiro atoms. The number of aliphatic hydroxyl groups is 1. The number of ether oxygens (including phenoxy) is 2. The van der Waals surface area contributed by atoms with Gasteiger partial charge in [0.25, 0.3) is 0 Å². The van der Waals surface area contributed by atoms with Crippen LogP contribution < -0.4 is 9.47 Å². The first kappa shape index (κ1) is 25.3. The van der Waals surface area contributed by atoms with Crippen molar-refractivity contribution in [3.63, 3.8) is 0 Å². The van der Waals surface area contributed by atoms with Crippen LogP contribution in [0.1, 0.15) is 24.5 Å². The molecule has 192 valence electrons. The number of nitrogens with zero attached hydrogens (tertiary/aromatic N) is 3. The largest absolute Gasteiger partial charge is 0.490 e. The van der Waals surface area contributed by atoms with Gasteiger partial charge in [0.1, 0.15) is 30.3 Å². The van der Waals surface area contributed by atoms with Crippen LogP contribution in [0, 0.1) is 11.3 Å². The Morgan fingerprint density at radius 1 is 1.00 bits per heavy atom. The number of pyridine rings is 1. The molecule has 0 saturated heterocycles. The van der Waals surface area contributed by atoms with E-state index in [0.29, 0.717) is 30.3 Å². The number of aromatic amines is 1. The highest BCUT2D eigenvalue weighted by molar-refractivity contribution is 6.10. The molecule has 7 heteroatoms. The highest BCUT2D eigenvalue weighted by atomic mass is 16.5. The average Bonchev–Trinajstić information content (AvgIpc) is 3.33. The molecule has 1 atom stereocenters. The molecule has 5 rings (SSSR count). The van der Waals surface area contributed by atoms with Crippen molar-refractivity contribution in [2.24, 2.45) is 0 Å². The Bertz CT molecular complexity index is 1540. The number of nitrogens with one attached hydrogen (secondary N) is 1. The van der Waals surface area contributed by atoms with Crippen molar-refractivity contribution in [2.45, 2.75) is 26.0 Å². The van der Waals surface area contributed by atoms with Crippen LogP contribution in [0.15, 0.2) is 85.1 Å². The predicted octanol–water partition coefficient (Wildman–Crippen LogP) is 6.03. The number of hydrogen-bond donors (Lipinski definition) is 2. The Balaban J connectivity index is 1.19. The van der Waals surface area contributed by atoms with Crippen LogP contribution in [-0.4, -0.2) is 45.8 Å². The molecule has 5 aromatic rings. The lowest BCUT2D eigenvalue weighted by atomic mass is 10.1. The molecule has 0 aliphatic carbocycles. The molecule has 2 N–H and O–H groups in total. The third-order valence-corrected chi connectivity index (χ3v) is 6.35. The lowest BCUT2D eigenvalue weighted by Gasteiger charge is -2.25. The summed E-state index contributed by atoms with van der Waals surface area (Å²) in [7, 11) is 0. The van der Waals surface area contributed by atoms with Crippen molar-refractivity contribution >= 4 is 21.8 Å². The lowest BCUT2D eigenvalue weighted by Crippen LogP contribution is -2.35. The third-order valence-electron chi connectivity index (χ3n) is 6.35. The molecule has 2 heterocycles. The van der Waals surface area contributed by atoms with Crippen molar-refractivity contribution in [3.05, 3.63) is 96.2 Å². The van der Waals surface area contributed by atoms with Crippen LogP contribution in [0.3, 0.4) is 0 Å². The Kier molecular flexibility index (Phi) is 7.84. The topological polar surface area (TPSA) is 94.4 Å². The SMILES string of the molecule is CCCN(Cc1ccc(Oc2ccc(C#N)cn2)cc1)C[C@H](O)COc1cccc2[nH]c3ccccc3c12. The van der Waals surface area contributed by atoms with E-state index < -0.39 is 6.10 Å². The van der Waals surface area contributed by atoms with Crippen LogP contribution in [0.4, 0.5) is 0 Å². The number of benzene rings is 3. The first-order valence-corrected chi connectivity index (χ1v) is 12.8. The maximum absolute atomic E-state index is 10.8. The van der Waals surface area contributed by atoms with Crippen LogP contribution in [0.2, 0.25) is 0 Å². The molecule has 7 nitrogen and oxygen atoms in total. The molecule has 0 fully saturated rings. The smallest absolute Gasteiger partial charge is 0.219 e. The fourth-order valence-corrected chi connectivity index (χ4v) is 4.63. The molecule has 0 amide bonds. The minimum absolute atomic E-state index is 0.212. The number of rotatable bonds is 11. The molecule has 0 bridgehead atoms. The van der Waals surface area contributed by atoms with Crippen LogP contribution in [0.5, 0.6) is 17.4 Å². The Hall–Kier alpha value is -4.38. The maximum atomic E-state index is 10.8. The van der Waals surface area contributed by atoms with Gasteiger partial charge in [0.15, 0.2) is 0 Å². The summed E-state index contributed by atoms with van der Waals surface area (Å²) in [6, 6.07) is 27.4. The van der Waals surface area contributed by atoms with Crippen LogP contribution in [-0.2, 0) is 6.54 Å². The molecule has 0 aliphatic heterocycles. The Morgan fingerprint density at radius 2 is 1.82 bits per heavy atom. The maximum Gasteiger partial charge on any atom is 0.219 e. The number of aromatic nitrogens is 2. The van der Waals surface area contributed by atoms with E-state index in [1.807, 2.05) is 60.7 Å². The summed E-state index contributed by atoms with van der Waals surface area (Å²) in [6.07, 6.45) is 1.84. The van der Waals surface area contributed by atoms with Gasteiger partial charge in [0.2, 0.25) is 5.88 Å². The second kappa shape index (κ2) is 11.8. The molecule has 0 saturated carbocycles. The van der Waals surface area contributed by atoms with Crippen molar-refractivity contribution in [2.75, 3.05) is 19.7 Å². The van der Waals surface area contributed by atoms with E-state index in [-0.39, 0.29) is 6.61 Å². The van der Waals surface area contributed by atoms with Gasteiger partial charge in [0.05, 0.1) is 11.1 Å². The van der Waals surface area contributed by atoms with Gasteiger partial charge in [-0.2, -0.15) is 5.26 Å². The highest BCUT2D eigenvalue weighted by Gasteiger charge is 2.15. The fourth-order valence-electron chi connectivity index (χ4n) is 4.63. The van der Waals surface area contributed by atoms with Gasteiger partial charge in [-0.1, -0.05) is 43.3 Å². The van der Waals surface area contributed by atoms with E-state index in [0.717, 1.165) is 46.1 Å². The van der Waals surface area contributed by atoms with Gasteiger partial charge in [0, 0.05) is 41.6 Å². The molecular formula is C31H30N4O3. The number of para-hydroxylation sites is 1. The van der Waals surface area contributed by atoms with Crippen LogP contribution in [0.25, 0.3) is 21.8 Å². The Morgan fingerprint density at radius 3 is 2.58 bits per heavy atom. The average molecular weight is 507 g/mol. The summed E-state index contributed by atoms with van der Waals surface area (Å²) in [5, 5.41) is 21.9. The second-order valence-corrected chi connectivity index (χ2v) is 9.29. The van der Waals surface area contributed by atoms with Crippen molar-refractivity contribution in [3.8, 4) is 23.4 Å². The summed E-state index contributed by atoms with van der Waals surface area (Å²) in [5.41, 5.74) is 3.70. The van der Waals surface area contributed by atoms with Gasteiger partial charge in [-0.05, 0) is 54.9 Å². The number of H-pyrrole nitrogens is 1. The quantitative estimate of drug-likeness (QED) is 0.227. The predicted molar refractivity (Wildman–Crippen MR) is 148 cm³/mol. The highest BCUT2D eigenvalue weighted by Crippen LogP contribution is 2.33. The van der Waals surface area contributed by atoms with Gasteiger partial charge in [-0.3, -0.25) is 4.90 Å². The van der Waals surface area contributed by atoms with E-state index in [4.69, 9.17) is 14.7 Å². The number of aliphatic hydroxyl groups excluding tert-OH is 1. The zero-order valence-corrected chi connectivity index (χ0v) is 21.3. The Labute approximate surface area is 221 Å². The summed E-state index contributed by atoms with van der Waals surface area (Å²) in [5.74, 6) is 1.89. The van der Waals surface area contributed by atoms with Gasteiger partial charge < -0.3 is 19.6 Å². The summed E-state index contributed by atoms with van der Waals surface area (Å²) >= 11 is 0. The normalized spacial score (nSPS) is 12.1. The van der Waals surface area contributed by atoms with E-state index >= 15 is 0 Å². The molecule has 2 aromatic heterocycles. The summed E-state index contributed by atoms with van der Waals surface area (Å²) in [6.45, 7) is 4.42. The number of fused-ring (bicyclic) bond motifs is 3. The van der Waals surface area contributed by atoms with Crippen molar-refractivity contribution in [1.82, 2.24) is 14.9 Å². The molecule has 38 heavy (non-hydrogen) atoms. The molecule has 0 aliphatic rings. The van der Waals surface area contributed by atoms with E-state index in [2.05, 4.69) is 33.9 Å². The summed E-state index contributed by atoms with van der Waals surface area (Å²) in [4.78, 5) is 9.81. The van der Waals surface area contributed by atoms with Crippen molar-refractivity contribution in [1.29, 1.82) is 5.26 Å². The van der Waals surface area contributed by atoms with E-state index in [9.17, 15) is 5.11 Å². The number of nitriles is 1. The first-order chi connectivity index (χ1) is 18.6. The minimum atomic E-state index is -0.632. The minimum Gasteiger partial charge on any atom is -0.490 e. The first-order valence-electron chi connectivity index (χ1n) is 12.8. The molecule has 3 aromatic carbocycles. The van der Waals surface area contributed by atoms with Crippen LogP contribution >= 0.6 is 0 Å². The zero-order valence-electron chi connectivity index (χ0n) is 21.3. The number of hydrogen-bond acceptors (Lipinski definition) is 6. The van der Waals surface area contributed by atoms with Crippen molar-refractivity contribution < 1.29 is 14.6 Å². The summed E-state index contributed by atoms with van der Waals surface area (Å²) < 4.78 is 11.9.